The summed E-state index contributed by atoms with van der Waals surface area (Å²) in [5.74, 6) is -1.49. The van der Waals surface area contributed by atoms with Crippen molar-refractivity contribution < 1.29 is 38.1 Å². The number of esters is 1. The zero-order valence-electron chi connectivity index (χ0n) is 44.9. The number of carbonyl (C=O) groups is 4. The van der Waals surface area contributed by atoms with Crippen molar-refractivity contribution in [3.8, 4) is 10.4 Å². The Kier molecular flexibility index (Phi) is 29.0. The minimum atomic E-state index is -0.982. The molecule has 406 valence electrons. The van der Waals surface area contributed by atoms with Crippen LogP contribution in [0.25, 0.3) is 10.4 Å². The number of carbonyl (C=O) groups excluding carboxylic acids is 4. The van der Waals surface area contributed by atoms with Crippen molar-refractivity contribution in [2.45, 2.75) is 144 Å². The van der Waals surface area contributed by atoms with Gasteiger partial charge in [-0.15, -0.1) is 16.4 Å². The van der Waals surface area contributed by atoms with Gasteiger partial charge in [0.1, 0.15) is 17.8 Å². The molecular formula is C57H83FN8O7S. The first-order valence-corrected chi connectivity index (χ1v) is 27.0. The molecule has 6 rings (SSSR count). The predicted molar refractivity (Wildman–Crippen MR) is 293 cm³/mol. The Balaban J connectivity index is 0.000000342. The molecule has 15 nitrogen and oxygen atoms in total. The summed E-state index contributed by atoms with van der Waals surface area (Å²) in [5, 5.41) is 26.3. The van der Waals surface area contributed by atoms with E-state index >= 15 is 0 Å². The number of benzene rings is 2. The lowest BCUT2D eigenvalue weighted by atomic mass is 9.73. The highest BCUT2D eigenvalue weighted by Crippen LogP contribution is 2.36. The number of aromatic nitrogens is 4. The zero-order valence-corrected chi connectivity index (χ0v) is 45.8. The highest BCUT2D eigenvalue weighted by Gasteiger charge is 2.44. The molecule has 2 aliphatic rings. The fourth-order valence-electron chi connectivity index (χ4n) is 8.06. The maximum Gasteiger partial charge on any atom is 0.319 e. The van der Waals surface area contributed by atoms with Crippen LogP contribution in [0.15, 0.2) is 91.4 Å². The van der Waals surface area contributed by atoms with Gasteiger partial charge in [-0.2, -0.15) is 0 Å². The van der Waals surface area contributed by atoms with Gasteiger partial charge in [-0.1, -0.05) is 121 Å². The highest BCUT2D eigenvalue weighted by atomic mass is 32.1. The van der Waals surface area contributed by atoms with Crippen molar-refractivity contribution >= 4 is 34.9 Å². The van der Waals surface area contributed by atoms with Crippen molar-refractivity contribution in [2.75, 3.05) is 46.5 Å². The van der Waals surface area contributed by atoms with Crippen molar-refractivity contribution in [3.63, 3.8) is 0 Å². The molecule has 2 aromatic heterocycles. The number of hydrogen-bond acceptors (Lipinski definition) is 13. The molecule has 0 spiro atoms. The van der Waals surface area contributed by atoms with E-state index in [2.05, 4.69) is 93.8 Å². The summed E-state index contributed by atoms with van der Waals surface area (Å²) in [6, 6.07) is 13.1. The number of aryl methyl sites for hydroxylation is 2. The van der Waals surface area contributed by atoms with E-state index in [1.54, 1.807) is 47.5 Å². The van der Waals surface area contributed by atoms with Crippen molar-refractivity contribution in [1.82, 2.24) is 40.8 Å². The van der Waals surface area contributed by atoms with E-state index in [-0.39, 0.29) is 36.9 Å². The normalized spacial score (nSPS) is 15.8. The molecule has 0 radical (unpaired) electrons. The topological polar surface area (TPSA) is 190 Å². The lowest BCUT2D eigenvalue weighted by Crippen LogP contribution is -2.40. The Labute approximate surface area is 443 Å². The quantitative estimate of drug-likeness (QED) is 0.0213. The lowest BCUT2D eigenvalue weighted by Gasteiger charge is -2.29. The molecule has 2 fully saturated rings. The van der Waals surface area contributed by atoms with Gasteiger partial charge in [-0.05, 0) is 93.8 Å². The van der Waals surface area contributed by atoms with Crippen molar-refractivity contribution in [1.29, 1.82) is 0 Å². The molecule has 17 heteroatoms. The van der Waals surface area contributed by atoms with Crippen LogP contribution >= 0.6 is 11.3 Å². The SMILES string of the molecule is C=C(CNC(=O)COCCCCCCCCNC(=O)c1ccc(Cn2cc(CC)nn2)c(F)c1)N1CCC(O)C1.C=C1CCCC(C)(C(=O)OC)C1=O.C=CNCc1ccc(-c2scnc2C)cc1.CCCCC. The number of amides is 2. The number of nitrogens with one attached hydrogen (secondary N) is 3. The molecule has 74 heavy (non-hydrogen) atoms. The number of nitrogens with zero attached hydrogens (tertiary/aromatic N) is 5. The number of halogens is 1. The highest BCUT2D eigenvalue weighted by molar-refractivity contribution is 7.13. The van der Waals surface area contributed by atoms with Gasteiger partial charge in [0, 0.05) is 55.8 Å². The molecule has 1 aliphatic heterocycles. The van der Waals surface area contributed by atoms with E-state index < -0.39 is 17.2 Å². The summed E-state index contributed by atoms with van der Waals surface area (Å²) in [6.45, 7) is 25.2. The number of ether oxygens (including phenoxy) is 2. The minimum absolute atomic E-state index is 0.0316. The van der Waals surface area contributed by atoms with Crippen LogP contribution in [0.4, 0.5) is 4.39 Å². The van der Waals surface area contributed by atoms with Crippen LogP contribution in [0.2, 0.25) is 0 Å². The maximum absolute atomic E-state index is 14.5. The van der Waals surface area contributed by atoms with Crippen LogP contribution in [-0.2, 0) is 43.4 Å². The van der Waals surface area contributed by atoms with Crippen molar-refractivity contribution in [2.24, 2.45) is 5.41 Å². The first-order chi connectivity index (χ1) is 35.6. The fourth-order valence-corrected chi connectivity index (χ4v) is 8.87. The van der Waals surface area contributed by atoms with Gasteiger partial charge in [0.2, 0.25) is 5.91 Å². The summed E-state index contributed by atoms with van der Waals surface area (Å²) >= 11 is 1.68. The van der Waals surface area contributed by atoms with Gasteiger partial charge in [0.05, 0.1) is 48.1 Å². The zero-order chi connectivity index (χ0) is 54.3. The number of β-amino-alcohol motifs (C(OH)–C–C–N with tert-alkyl or cyclic N) is 1. The first-order valence-electron chi connectivity index (χ1n) is 26.2. The number of ketones is 1. The van der Waals surface area contributed by atoms with Gasteiger partial charge < -0.3 is 35.4 Å². The number of methoxy groups -OCH3 is 1. The standard InChI is InChI=1S/C29H43FN6O4.C13H14N2S.C10H14O3.C5H12/c1-3-25-19-36(34-33-25)18-24-11-10-23(16-27(24)30)29(39)31-13-8-6-4-5-7-9-15-40-21-28(38)32-17-22(2)35-14-12-26(37)20-35;1-3-14-8-11-4-6-12(7-5-11)13-10(2)15-9-16-13;1-7-5-4-6-10(2,8(7)11)9(12)13-3;1-3-5-4-2/h10-11,16,19,26,37H,2-9,12-15,17-18,20-21H2,1H3,(H,31,39)(H,32,38);3-7,9,14H,1,8H2,2H3;1,4-6H2,2-3H3;3-5H2,1-2H3. The van der Waals surface area contributed by atoms with Crippen LogP contribution in [-0.4, -0.2) is 106 Å². The third-order valence-electron chi connectivity index (χ3n) is 12.7. The molecule has 1 saturated heterocycles. The van der Waals surface area contributed by atoms with Gasteiger partial charge in [-0.25, -0.2) is 14.1 Å². The van der Waals surface area contributed by atoms with Gasteiger partial charge >= 0.3 is 5.97 Å². The number of thiazole rings is 1. The van der Waals surface area contributed by atoms with E-state index in [4.69, 9.17) is 4.74 Å². The molecular weight excluding hydrogens is 960 g/mol. The summed E-state index contributed by atoms with van der Waals surface area (Å²) < 4.78 is 26.2. The average Bonchev–Trinajstić information content (AvgIpc) is 4.18. The Hall–Kier alpha value is -6.04. The van der Waals surface area contributed by atoms with Gasteiger partial charge in [0.15, 0.2) is 5.78 Å². The number of aliphatic hydroxyl groups is 1. The smallest absolute Gasteiger partial charge is 0.319 e. The molecule has 3 heterocycles. The molecule has 1 saturated carbocycles. The number of unbranched alkanes of at least 4 members (excludes halogenated alkanes) is 7. The second-order valence-corrected chi connectivity index (χ2v) is 19.6. The molecule has 2 unspecified atom stereocenters. The molecule has 4 N–H and O–H groups in total. The number of likely N-dealkylation sites (tertiary alicyclic amines) is 1. The Morgan fingerprint density at radius 1 is 1.01 bits per heavy atom. The summed E-state index contributed by atoms with van der Waals surface area (Å²) in [7, 11) is 1.30. The van der Waals surface area contributed by atoms with Gasteiger partial charge in [-0.3, -0.25) is 19.2 Å². The second kappa shape index (κ2) is 34.4. The molecule has 0 bridgehead atoms. The van der Waals surface area contributed by atoms with E-state index in [1.165, 1.54) is 48.4 Å². The summed E-state index contributed by atoms with van der Waals surface area (Å²) in [5.41, 5.74) is 7.45. The predicted octanol–water partition coefficient (Wildman–Crippen LogP) is 9.83. The Morgan fingerprint density at radius 2 is 1.73 bits per heavy atom. The van der Waals surface area contributed by atoms with Crippen LogP contribution in [0.1, 0.15) is 144 Å². The Bertz CT molecular complexity index is 2370. The lowest BCUT2D eigenvalue weighted by molar-refractivity contribution is -0.157. The molecule has 2 atom stereocenters. The third kappa shape index (κ3) is 21.8. The summed E-state index contributed by atoms with van der Waals surface area (Å²) in [4.78, 5) is 54.8. The fraction of sp³-hybridized carbons (Fsp3) is 0.526. The van der Waals surface area contributed by atoms with Gasteiger partial charge in [0.25, 0.3) is 5.91 Å². The van der Waals surface area contributed by atoms with E-state index in [0.29, 0.717) is 55.8 Å². The monoisotopic (exact) mass is 1040 g/mol. The van der Waals surface area contributed by atoms with E-state index in [0.717, 1.165) is 88.0 Å². The van der Waals surface area contributed by atoms with E-state index in [9.17, 15) is 28.7 Å². The summed E-state index contributed by atoms with van der Waals surface area (Å²) in [6.07, 6.45) is 16.7. The minimum Gasteiger partial charge on any atom is -0.468 e. The first kappa shape index (κ1) is 62.3. The van der Waals surface area contributed by atoms with Crippen LogP contribution in [0.3, 0.4) is 0 Å². The third-order valence-corrected chi connectivity index (χ3v) is 13.6. The average molecular weight is 1040 g/mol. The second-order valence-electron chi connectivity index (χ2n) is 18.7. The molecule has 1 aliphatic carbocycles. The van der Waals surface area contributed by atoms with Crippen LogP contribution in [0.5, 0.6) is 0 Å². The van der Waals surface area contributed by atoms with E-state index in [1.807, 2.05) is 24.3 Å². The Morgan fingerprint density at radius 3 is 2.32 bits per heavy atom. The maximum atomic E-state index is 14.5. The largest absolute Gasteiger partial charge is 0.468 e. The van der Waals surface area contributed by atoms with Crippen LogP contribution in [0, 0.1) is 18.2 Å². The van der Waals surface area contributed by atoms with Crippen LogP contribution < -0.4 is 16.0 Å². The molecule has 2 aromatic carbocycles. The molecule has 2 amide bonds. The number of rotatable bonds is 25. The number of hydrogen-bond donors (Lipinski definition) is 4. The number of aliphatic hydroxyl groups excluding tert-OH is 1. The number of Topliss-reactive ketones (excluding diaryl/α,β-unsaturated/α-hetero) is 1. The molecule has 4 aromatic rings. The number of allylic oxidation sites excluding steroid dienone is 1. The van der Waals surface area contributed by atoms with Crippen molar-refractivity contribution in [3.05, 3.63) is 125 Å².